The lowest BCUT2D eigenvalue weighted by Crippen LogP contribution is -2.40. The van der Waals surface area contributed by atoms with Gasteiger partial charge in [-0.25, -0.2) is 18.6 Å². The fourth-order valence-electron chi connectivity index (χ4n) is 3.56. The van der Waals surface area contributed by atoms with Crippen LogP contribution in [0.2, 0.25) is 0 Å². The van der Waals surface area contributed by atoms with E-state index < -0.39 is 47.0 Å². The summed E-state index contributed by atoms with van der Waals surface area (Å²) >= 11 is 0. The summed E-state index contributed by atoms with van der Waals surface area (Å²) in [6.45, 7) is -0.0136. The zero-order valence-corrected chi connectivity index (χ0v) is 17.0. The normalized spacial score (nSPS) is 14.7. The number of aromatic nitrogens is 1. The van der Waals surface area contributed by atoms with Crippen LogP contribution in [0.1, 0.15) is 39.3 Å². The lowest BCUT2D eigenvalue weighted by molar-refractivity contribution is -0.141. The average molecular weight is 457 g/mol. The number of carbonyl (C=O) groups is 2. The van der Waals surface area contributed by atoms with Gasteiger partial charge in [-0.3, -0.25) is 4.79 Å². The van der Waals surface area contributed by atoms with Crippen LogP contribution in [0.4, 0.5) is 22.0 Å². The lowest BCUT2D eigenvalue weighted by atomic mass is 9.99. The van der Waals surface area contributed by atoms with Crippen molar-refractivity contribution < 1.29 is 36.3 Å². The number of ether oxygens (including phenoxy) is 1. The van der Waals surface area contributed by atoms with Gasteiger partial charge in [0.2, 0.25) is 5.91 Å². The Bertz CT molecular complexity index is 1040. The molecule has 11 heteroatoms. The molecule has 1 aromatic heterocycles. The summed E-state index contributed by atoms with van der Waals surface area (Å²) in [4.78, 5) is 29.3. The molecule has 1 amide bonds. The zero-order valence-electron chi connectivity index (χ0n) is 17.0. The maximum atomic E-state index is 13.8. The molecule has 2 aromatic rings. The zero-order chi connectivity index (χ0) is 23.6. The largest absolute Gasteiger partial charge is 0.465 e. The predicted octanol–water partition coefficient (Wildman–Crippen LogP) is 3.01. The molecule has 0 bridgehead atoms. The molecule has 32 heavy (non-hydrogen) atoms. The Hall–Kier alpha value is -3.08. The van der Waals surface area contributed by atoms with Crippen LogP contribution in [0, 0.1) is 11.6 Å². The van der Waals surface area contributed by atoms with E-state index in [4.69, 9.17) is 5.73 Å². The fourth-order valence-corrected chi connectivity index (χ4v) is 3.56. The number of halogens is 5. The third-order valence-corrected chi connectivity index (χ3v) is 5.14. The molecule has 3 rings (SSSR count). The SMILES string of the molecule is COC(=O)c1cc2c(nc1C(F)(F)F)CN(C(=O)C[C@H](N)Cc1cc(F)ccc1F)CC2. The number of pyridine rings is 1. The minimum absolute atomic E-state index is 0.0225. The number of nitrogens with two attached hydrogens (primary N) is 1. The fraction of sp³-hybridized carbons (Fsp3) is 0.381. The van der Waals surface area contributed by atoms with Crippen molar-refractivity contribution in [1.82, 2.24) is 9.88 Å². The van der Waals surface area contributed by atoms with Crippen molar-refractivity contribution in [3.05, 3.63) is 64.0 Å². The highest BCUT2D eigenvalue weighted by atomic mass is 19.4. The molecule has 0 fully saturated rings. The van der Waals surface area contributed by atoms with Gasteiger partial charge >= 0.3 is 12.1 Å². The number of nitrogens with zero attached hydrogens (tertiary/aromatic N) is 2. The molecule has 2 N–H and O–H groups in total. The number of methoxy groups -OCH3 is 1. The minimum atomic E-state index is -4.89. The molecular weight excluding hydrogens is 437 g/mol. The molecule has 1 aliphatic heterocycles. The van der Waals surface area contributed by atoms with E-state index >= 15 is 0 Å². The van der Waals surface area contributed by atoms with E-state index in [1.807, 2.05) is 0 Å². The Kier molecular flexibility index (Phi) is 6.77. The number of amides is 1. The lowest BCUT2D eigenvalue weighted by Gasteiger charge is -2.30. The molecule has 0 saturated carbocycles. The van der Waals surface area contributed by atoms with E-state index in [0.717, 1.165) is 31.4 Å². The average Bonchev–Trinajstić information content (AvgIpc) is 2.73. The Balaban J connectivity index is 1.74. The van der Waals surface area contributed by atoms with Crippen molar-refractivity contribution in [2.45, 2.75) is 38.0 Å². The summed E-state index contributed by atoms with van der Waals surface area (Å²) in [6.07, 6.45) is -5.00. The molecule has 1 atom stereocenters. The highest BCUT2D eigenvalue weighted by molar-refractivity contribution is 5.91. The van der Waals surface area contributed by atoms with Crippen LogP contribution in [0.5, 0.6) is 0 Å². The van der Waals surface area contributed by atoms with Gasteiger partial charge in [-0.2, -0.15) is 13.2 Å². The third-order valence-electron chi connectivity index (χ3n) is 5.14. The molecule has 2 heterocycles. The predicted molar refractivity (Wildman–Crippen MR) is 102 cm³/mol. The van der Waals surface area contributed by atoms with Gasteiger partial charge in [0.1, 0.15) is 11.6 Å². The highest BCUT2D eigenvalue weighted by Gasteiger charge is 2.39. The number of benzene rings is 1. The second-order valence-corrected chi connectivity index (χ2v) is 7.45. The van der Waals surface area contributed by atoms with Crippen LogP contribution < -0.4 is 5.73 Å². The standard InChI is InChI=1S/C21H20F5N3O3/c1-32-20(31)15-8-11-4-5-29(10-17(11)28-19(15)21(24,25)26)18(30)9-14(27)7-12-6-13(22)2-3-16(12)23/h2-3,6,8,14H,4-5,7,9-10,27H2,1H3/t14-/m1/s1. The van der Waals surface area contributed by atoms with Crippen LogP contribution in [-0.2, 0) is 35.1 Å². The summed E-state index contributed by atoms with van der Waals surface area (Å²) in [7, 11) is 0.973. The van der Waals surface area contributed by atoms with Gasteiger partial charge in [-0.1, -0.05) is 0 Å². The monoisotopic (exact) mass is 457 g/mol. The maximum Gasteiger partial charge on any atom is 0.434 e. The molecule has 0 unspecified atom stereocenters. The van der Waals surface area contributed by atoms with Crippen molar-refractivity contribution in [1.29, 1.82) is 0 Å². The third kappa shape index (κ3) is 5.21. The molecule has 0 spiro atoms. The second kappa shape index (κ2) is 9.19. The molecule has 0 aliphatic carbocycles. The van der Waals surface area contributed by atoms with Crippen LogP contribution in [0.25, 0.3) is 0 Å². The van der Waals surface area contributed by atoms with Gasteiger partial charge in [-0.05, 0) is 48.2 Å². The van der Waals surface area contributed by atoms with Gasteiger partial charge < -0.3 is 15.4 Å². The summed E-state index contributed by atoms with van der Waals surface area (Å²) < 4.78 is 71.7. The van der Waals surface area contributed by atoms with Crippen molar-refractivity contribution in [3.8, 4) is 0 Å². The van der Waals surface area contributed by atoms with Crippen LogP contribution in [-0.4, -0.2) is 41.5 Å². The first-order chi connectivity index (χ1) is 15.0. The Morgan fingerprint density at radius 3 is 2.62 bits per heavy atom. The van der Waals surface area contributed by atoms with Crippen molar-refractivity contribution in [2.24, 2.45) is 5.73 Å². The molecule has 0 radical (unpaired) electrons. The first kappa shape index (κ1) is 23.6. The molecule has 1 aromatic carbocycles. The van der Waals surface area contributed by atoms with Crippen LogP contribution in [0.15, 0.2) is 24.3 Å². The molecule has 1 aliphatic rings. The van der Waals surface area contributed by atoms with E-state index in [2.05, 4.69) is 9.72 Å². The number of esters is 1. The van der Waals surface area contributed by atoms with Gasteiger partial charge in [-0.15, -0.1) is 0 Å². The summed E-state index contributed by atoms with van der Waals surface area (Å²) in [5.74, 6) is -2.88. The quantitative estimate of drug-likeness (QED) is 0.551. The van der Waals surface area contributed by atoms with Crippen molar-refractivity contribution >= 4 is 11.9 Å². The number of carbonyl (C=O) groups excluding carboxylic acids is 2. The topological polar surface area (TPSA) is 85.5 Å². The van der Waals surface area contributed by atoms with E-state index in [9.17, 15) is 31.5 Å². The van der Waals surface area contributed by atoms with Gasteiger partial charge in [0, 0.05) is 19.0 Å². The number of rotatable bonds is 5. The van der Waals surface area contributed by atoms with Gasteiger partial charge in [0.25, 0.3) is 0 Å². The number of fused-ring (bicyclic) bond motifs is 1. The molecule has 6 nitrogen and oxygen atoms in total. The minimum Gasteiger partial charge on any atom is -0.465 e. The van der Waals surface area contributed by atoms with Gasteiger partial charge in [0.05, 0.1) is 24.9 Å². The number of hydrogen-bond donors (Lipinski definition) is 1. The number of hydrogen-bond acceptors (Lipinski definition) is 5. The Labute approximate surface area is 180 Å². The van der Waals surface area contributed by atoms with Crippen LogP contribution >= 0.6 is 0 Å². The molecule has 0 saturated heterocycles. The summed E-state index contributed by atoms with van der Waals surface area (Å²) in [6, 6.07) is 3.21. The number of alkyl halides is 3. The highest BCUT2D eigenvalue weighted by Crippen LogP contribution is 2.33. The summed E-state index contributed by atoms with van der Waals surface area (Å²) in [5.41, 5.74) is 4.32. The molecule has 172 valence electrons. The van der Waals surface area contributed by atoms with Crippen LogP contribution in [0.3, 0.4) is 0 Å². The summed E-state index contributed by atoms with van der Waals surface area (Å²) in [5, 5.41) is 0. The van der Waals surface area contributed by atoms with Crippen molar-refractivity contribution in [3.63, 3.8) is 0 Å². The first-order valence-corrected chi connectivity index (χ1v) is 9.65. The smallest absolute Gasteiger partial charge is 0.434 e. The van der Waals surface area contributed by atoms with E-state index in [-0.39, 0.29) is 43.6 Å². The first-order valence-electron chi connectivity index (χ1n) is 9.65. The van der Waals surface area contributed by atoms with E-state index in [1.165, 1.54) is 4.90 Å². The van der Waals surface area contributed by atoms with Crippen molar-refractivity contribution in [2.75, 3.05) is 13.7 Å². The molecular formula is C21H20F5N3O3. The Morgan fingerprint density at radius 1 is 1.25 bits per heavy atom. The van der Waals surface area contributed by atoms with E-state index in [0.29, 0.717) is 5.56 Å². The Morgan fingerprint density at radius 2 is 1.97 bits per heavy atom. The van der Waals surface area contributed by atoms with E-state index in [1.54, 1.807) is 0 Å². The van der Waals surface area contributed by atoms with Gasteiger partial charge in [0.15, 0.2) is 5.69 Å². The maximum absolute atomic E-state index is 13.8. The second-order valence-electron chi connectivity index (χ2n) is 7.45.